The summed E-state index contributed by atoms with van der Waals surface area (Å²) in [6.45, 7) is 2.11. The molecule has 1 aliphatic heterocycles. The van der Waals surface area contributed by atoms with Gasteiger partial charge in [0.25, 0.3) is 0 Å². The molecule has 0 saturated heterocycles. The molecule has 0 spiro atoms. The van der Waals surface area contributed by atoms with Gasteiger partial charge in [-0.3, -0.25) is 4.79 Å². The van der Waals surface area contributed by atoms with Crippen molar-refractivity contribution in [3.05, 3.63) is 34.3 Å². The first-order chi connectivity index (χ1) is 8.97. The summed E-state index contributed by atoms with van der Waals surface area (Å²) in [5.41, 5.74) is 1.77. The Bertz CT molecular complexity index is 569. The molecule has 2 rings (SSSR count). The number of carboxylic acids is 1. The maximum atomic E-state index is 11.7. The average Bonchev–Trinajstić information content (AvgIpc) is 2.34. The Balaban J connectivity index is 2.23. The Hall–Kier alpha value is -1.88. The molecule has 0 aromatic heterocycles. The van der Waals surface area contributed by atoms with E-state index < -0.39 is 5.97 Å². The van der Waals surface area contributed by atoms with Crippen molar-refractivity contribution >= 4 is 29.2 Å². The maximum absolute atomic E-state index is 11.7. The van der Waals surface area contributed by atoms with Crippen molar-refractivity contribution in [1.82, 2.24) is 5.01 Å². The monoisotopic (exact) mass is 280 g/mol. The van der Waals surface area contributed by atoms with E-state index in [-0.39, 0.29) is 31.0 Å². The molecule has 0 fully saturated rings. The van der Waals surface area contributed by atoms with Crippen molar-refractivity contribution in [2.75, 3.05) is 0 Å². The fourth-order valence-corrected chi connectivity index (χ4v) is 2.12. The zero-order valence-corrected chi connectivity index (χ0v) is 11.1. The normalized spacial score (nSPS) is 15.4. The summed E-state index contributed by atoms with van der Waals surface area (Å²) in [6.07, 6.45) is 0.334. The van der Waals surface area contributed by atoms with Gasteiger partial charge in [0.15, 0.2) is 0 Å². The predicted molar refractivity (Wildman–Crippen MR) is 71.0 cm³/mol. The lowest BCUT2D eigenvalue weighted by molar-refractivity contribution is -0.133. The summed E-state index contributed by atoms with van der Waals surface area (Å²) in [7, 11) is 0. The number of carbonyl (C=O) groups excluding carboxylic acids is 1. The summed E-state index contributed by atoms with van der Waals surface area (Å²) in [4.78, 5) is 22.6. The molecule has 1 heterocycles. The highest BCUT2D eigenvalue weighted by Gasteiger charge is 2.24. The molecule has 0 saturated carbocycles. The number of benzene rings is 1. The number of nitrogens with zero attached hydrogens (tertiary/aromatic N) is 2. The number of aliphatic carboxylic acids is 1. The van der Waals surface area contributed by atoms with Gasteiger partial charge in [-0.2, -0.15) is 5.10 Å². The van der Waals surface area contributed by atoms with E-state index >= 15 is 0 Å². The van der Waals surface area contributed by atoms with E-state index in [0.29, 0.717) is 5.02 Å². The molecule has 1 amide bonds. The fourth-order valence-electron chi connectivity index (χ4n) is 1.82. The van der Waals surface area contributed by atoms with Crippen LogP contribution in [0.4, 0.5) is 0 Å². The van der Waals surface area contributed by atoms with Crippen LogP contribution in [0, 0.1) is 6.92 Å². The molecule has 5 nitrogen and oxygen atoms in total. The third-order valence-corrected chi connectivity index (χ3v) is 3.23. The number of aryl methyl sites for hydroxylation is 1. The highest BCUT2D eigenvalue weighted by molar-refractivity contribution is 6.36. The molecule has 1 aromatic carbocycles. The molecule has 0 bridgehead atoms. The van der Waals surface area contributed by atoms with Gasteiger partial charge in [-0.15, -0.1) is 0 Å². The summed E-state index contributed by atoms with van der Waals surface area (Å²) in [5, 5.41) is 14.5. The predicted octanol–water partition coefficient (Wildman–Crippen LogP) is 2.21. The molecular weight excluding hydrogens is 268 g/mol. The Labute approximate surface area is 115 Å². The van der Waals surface area contributed by atoms with Crippen molar-refractivity contribution in [2.45, 2.75) is 26.3 Å². The molecule has 0 aliphatic carbocycles. The minimum atomic E-state index is -1.09. The second-order valence-electron chi connectivity index (χ2n) is 4.40. The third-order valence-electron chi connectivity index (χ3n) is 2.88. The Morgan fingerprint density at radius 1 is 1.47 bits per heavy atom. The molecule has 100 valence electrons. The van der Waals surface area contributed by atoms with E-state index in [9.17, 15) is 9.59 Å². The lowest BCUT2D eigenvalue weighted by atomic mass is 10.1. The molecular formula is C13H13ClN2O3. The second-order valence-corrected chi connectivity index (χ2v) is 4.81. The summed E-state index contributed by atoms with van der Waals surface area (Å²) in [5.74, 6) is -1.28. The van der Waals surface area contributed by atoms with Crippen molar-refractivity contribution in [1.29, 1.82) is 0 Å². The zero-order chi connectivity index (χ0) is 14.0. The quantitative estimate of drug-likeness (QED) is 0.923. The van der Waals surface area contributed by atoms with E-state index in [1.54, 1.807) is 6.07 Å². The van der Waals surface area contributed by atoms with Crippen molar-refractivity contribution < 1.29 is 14.7 Å². The van der Waals surface area contributed by atoms with Gasteiger partial charge in [0.1, 0.15) is 5.71 Å². The molecule has 0 radical (unpaired) electrons. The van der Waals surface area contributed by atoms with E-state index in [1.807, 2.05) is 19.1 Å². The minimum absolute atomic E-state index is 0.00262. The van der Waals surface area contributed by atoms with Crippen LogP contribution in [-0.4, -0.2) is 27.7 Å². The lowest BCUT2D eigenvalue weighted by Gasteiger charge is -2.22. The molecule has 6 heteroatoms. The first kappa shape index (κ1) is 13.5. The van der Waals surface area contributed by atoms with Crippen LogP contribution in [0.3, 0.4) is 0 Å². The summed E-state index contributed by atoms with van der Waals surface area (Å²) < 4.78 is 0. The molecule has 19 heavy (non-hydrogen) atoms. The Morgan fingerprint density at radius 3 is 2.84 bits per heavy atom. The SMILES string of the molecule is Cc1ccc(CN2N=C(C(=O)O)CCC2=O)c(Cl)c1. The van der Waals surface area contributed by atoms with Crippen molar-refractivity contribution in [3.63, 3.8) is 0 Å². The van der Waals surface area contributed by atoms with Crippen LogP contribution in [0.15, 0.2) is 23.3 Å². The number of carboxylic acid groups (broad SMARTS) is 1. The van der Waals surface area contributed by atoms with Gasteiger partial charge in [-0.05, 0) is 24.1 Å². The first-order valence-corrected chi connectivity index (χ1v) is 6.21. The van der Waals surface area contributed by atoms with Crippen molar-refractivity contribution in [2.24, 2.45) is 5.10 Å². The largest absolute Gasteiger partial charge is 0.477 e. The maximum Gasteiger partial charge on any atom is 0.352 e. The highest BCUT2D eigenvalue weighted by Crippen LogP contribution is 2.21. The molecule has 0 atom stereocenters. The molecule has 1 N–H and O–H groups in total. The van der Waals surface area contributed by atoms with Crippen molar-refractivity contribution in [3.8, 4) is 0 Å². The Kier molecular flexibility index (Phi) is 3.85. The van der Waals surface area contributed by atoms with Crippen LogP contribution in [-0.2, 0) is 16.1 Å². The van der Waals surface area contributed by atoms with Gasteiger partial charge < -0.3 is 5.11 Å². The molecule has 1 aromatic rings. The van der Waals surface area contributed by atoms with E-state index in [1.165, 1.54) is 5.01 Å². The van der Waals surface area contributed by atoms with Gasteiger partial charge in [-0.25, -0.2) is 9.80 Å². The van der Waals surface area contributed by atoms with Gasteiger partial charge in [0.2, 0.25) is 5.91 Å². The van der Waals surface area contributed by atoms with Gasteiger partial charge in [0.05, 0.1) is 6.54 Å². The first-order valence-electron chi connectivity index (χ1n) is 5.83. The number of hydrazone groups is 1. The minimum Gasteiger partial charge on any atom is -0.477 e. The zero-order valence-electron chi connectivity index (χ0n) is 10.4. The number of rotatable bonds is 3. The lowest BCUT2D eigenvalue weighted by Crippen LogP contribution is -2.33. The van der Waals surface area contributed by atoms with Gasteiger partial charge in [0, 0.05) is 17.9 Å². The second kappa shape index (κ2) is 5.40. The van der Waals surface area contributed by atoms with E-state index in [4.69, 9.17) is 16.7 Å². The van der Waals surface area contributed by atoms with Gasteiger partial charge in [-0.1, -0.05) is 23.7 Å². The van der Waals surface area contributed by atoms with Crippen LogP contribution in [0.1, 0.15) is 24.0 Å². The Morgan fingerprint density at radius 2 is 2.21 bits per heavy atom. The number of carbonyl (C=O) groups is 2. The number of amides is 1. The highest BCUT2D eigenvalue weighted by atomic mass is 35.5. The van der Waals surface area contributed by atoms with Gasteiger partial charge >= 0.3 is 5.97 Å². The van der Waals surface area contributed by atoms with E-state index in [2.05, 4.69) is 5.10 Å². The van der Waals surface area contributed by atoms with Crippen LogP contribution < -0.4 is 0 Å². The average molecular weight is 281 g/mol. The topological polar surface area (TPSA) is 70.0 Å². The van der Waals surface area contributed by atoms with E-state index in [0.717, 1.165) is 11.1 Å². The fraction of sp³-hybridized carbons (Fsp3) is 0.308. The number of hydrogen-bond acceptors (Lipinski definition) is 3. The number of hydrogen-bond donors (Lipinski definition) is 1. The number of halogens is 1. The van der Waals surface area contributed by atoms with Crippen LogP contribution in [0.2, 0.25) is 5.02 Å². The van der Waals surface area contributed by atoms with Crippen LogP contribution >= 0.6 is 11.6 Å². The summed E-state index contributed by atoms with van der Waals surface area (Å²) in [6, 6.07) is 5.50. The standard InChI is InChI=1S/C13H13ClN2O3/c1-8-2-3-9(10(14)6-8)7-16-12(17)5-4-11(15-16)13(18)19/h2-3,6H,4-5,7H2,1H3,(H,18,19). The molecule has 0 unspecified atom stereocenters. The summed E-state index contributed by atoms with van der Waals surface area (Å²) >= 11 is 6.09. The third kappa shape index (κ3) is 3.12. The van der Waals surface area contributed by atoms with Crippen LogP contribution in [0.5, 0.6) is 0 Å². The van der Waals surface area contributed by atoms with Crippen LogP contribution in [0.25, 0.3) is 0 Å². The smallest absolute Gasteiger partial charge is 0.352 e. The molecule has 1 aliphatic rings.